The van der Waals surface area contributed by atoms with Crippen molar-refractivity contribution in [1.29, 1.82) is 0 Å². The van der Waals surface area contributed by atoms with E-state index in [0.717, 1.165) is 5.06 Å². The fraction of sp³-hybridized carbons (Fsp3) is 0.375. The van der Waals surface area contributed by atoms with Gasteiger partial charge in [-0.25, -0.2) is 5.06 Å². The zero-order chi connectivity index (χ0) is 8.69. The van der Waals surface area contributed by atoms with E-state index in [1.807, 2.05) is 0 Å². The van der Waals surface area contributed by atoms with Crippen LogP contribution in [0.4, 0.5) is 0 Å². The molecule has 0 aromatic heterocycles. The maximum atomic E-state index is 11.0. The van der Waals surface area contributed by atoms with Crippen molar-refractivity contribution in [2.75, 3.05) is 13.7 Å². The molecule has 0 spiro atoms. The second-order valence-corrected chi connectivity index (χ2v) is 1.81. The standard InChI is InChI=1S/C8H11NO2/c1-4-6-8(10)9(11-3)7-5-2/h1,5H,2,6-7H2,3H3. The van der Waals surface area contributed by atoms with Crippen LogP contribution < -0.4 is 0 Å². The molecule has 1 amide bonds. The average molecular weight is 153 g/mol. The molecule has 0 bridgehead atoms. The Labute approximate surface area is 66.6 Å². The van der Waals surface area contributed by atoms with Crippen LogP contribution >= 0.6 is 0 Å². The summed E-state index contributed by atoms with van der Waals surface area (Å²) >= 11 is 0. The zero-order valence-electron chi connectivity index (χ0n) is 6.54. The van der Waals surface area contributed by atoms with Gasteiger partial charge < -0.3 is 0 Å². The molecule has 0 rings (SSSR count). The van der Waals surface area contributed by atoms with E-state index in [-0.39, 0.29) is 12.3 Å². The molecule has 11 heavy (non-hydrogen) atoms. The highest BCUT2D eigenvalue weighted by molar-refractivity contribution is 5.77. The van der Waals surface area contributed by atoms with Crippen molar-refractivity contribution in [2.24, 2.45) is 0 Å². The lowest BCUT2D eigenvalue weighted by atomic mass is 10.4. The van der Waals surface area contributed by atoms with Gasteiger partial charge in [0.05, 0.1) is 20.1 Å². The van der Waals surface area contributed by atoms with Crippen molar-refractivity contribution in [3.63, 3.8) is 0 Å². The lowest BCUT2D eigenvalue weighted by Gasteiger charge is -2.15. The van der Waals surface area contributed by atoms with Gasteiger partial charge in [0.1, 0.15) is 0 Å². The molecular formula is C8H11NO2. The van der Waals surface area contributed by atoms with E-state index in [4.69, 9.17) is 11.3 Å². The van der Waals surface area contributed by atoms with Crippen molar-refractivity contribution >= 4 is 5.91 Å². The number of hydrogen-bond acceptors (Lipinski definition) is 2. The van der Waals surface area contributed by atoms with Crippen LogP contribution in [-0.4, -0.2) is 24.6 Å². The van der Waals surface area contributed by atoms with Crippen LogP contribution in [0.1, 0.15) is 6.42 Å². The van der Waals surface area contributed by atoms with E-state index >= 15 is 0 Å². The molecule has 0 aliphatic rings. The van der Waals surface area contributed by atoms with Gasteiger partial charge in [0.25, 0.3) is 5.91 Å². The Kier molecular flexibility index (Phi) is 4.87. The Balaban J connectivity index is 3.93. The lowest BCUT2D eigenvalue weighted by molar-refractivity contribution is -0.171. The molecule has 0 saturated heterocycles. The number of amides is 1. The lowest BCUT2D eigenvalue weighted by Crippen LogP contribution is -2.29. The van der Waals surface area contributed by atoms with Crippen LogP contribution in [0, 0.1) is 12.3 Å². The molecule has 3 nitrogen and oxygen atoms in total. The maximum Gasteiger partial charge on any atom is 0.258 e. The van der Waals surface area contributed by atoms with Gasteiger partial charge in [-0.05, 0) is 0 Å². The largest absolute Gasteiger partial charge is 0.274 e. The Hall–Kier alpha value is -1.27. The van der Waals surface area contributed by atoms with E-state index in [2.05, 4.69) is 12.5 Å². The monoisotopic (exact) mass is 153 g/mol. The molecule has 0 fully saturated rings. The summed E-state index contributed by atoms with van der Waals surface area (Å²) in [5, 5.41) is 1.16. The summed E-state index contributed by atoms with van der Waals surface area (Å²) in [6.45, 7) is 3.82. The number of terminal acetylenes is 1. The van der Waals surface area contributed by atoms with Gasteiger partial charge in [0.15, 0.2) is 0 Å². The fourth-order valence-electron chi connectivity index (χ4n) is 0.571. The smallest absolute Gasteiger partial charge is 0.258 e. The second-order valence-electron chi connectivity index (χ2n) is 1.81. The molecule has 0 heterocycles. The highest BCUT2D eigenvalue weighted by Crippen LogP contribution is 1.93. The van der Waals surface area contributed by atoms with Crippen LogP contribution in [-0.2, 0) is 9.63 Å². The first-order chi connectivity index (χ1) is 5.26. The zero-order valence-corrected chi connectivity index (χ0v) is 6.54. The molecule has 0 aromatic rings. The van der Waals surface area contributed by atoms with Crippen molar-refractivity contribution in [3.05, 3.63) is 12.7 Å². The molecule has 0 aliphatic heterocycles. The van der Waals surface area contributed by atoms with Gasteiger partial charge in [-0.2, -0.15) is 0 Å². The third-order valence-corrected chi connectivity index (χ3v) is 1.05. The molecule has 0 aromatic carbocycles. The van der Waals surface area contributed by atoms with Gasteiger partial charge in [-0.15, -0.1) is 13.0 Å². The molecule has 60 valence electrons. The fourth-order valence-corrected chi connectivity index (χ4v) is 0.571. The van der Waals surface area contributed by atoms with Gasteiger partial charge in [-0.3, -0.25) is 9.63 Å². The minimum absolute atomic E-state index is 0.0572. The van der Waals surface area contributed by atoms with Gasteiger partial charge in [0.2, 0.25) is 0 Å². The van der Waals surface area contributed by atoms with E-state index in [9.17, 15) is 4.79 Å². The summed E-state index contributed by atoms with van der Waals surface area (Å²) in [5.41, 5.74) is 0. The number of carbonyl (C=O) groups is 1. The minimum Gasteiger partial charge on any atom is -0.274 e. The molecule has 0 unspecified atom stereocenters. The first-order valence-corrected chi connectivity index (χ1v) is 3.15. The Morgan fingerprint density at radius 2 is 2.55 bits per heavy atom. The van der Waals surface area contributed by atoms with Gasteiger partial charge in [0, 0.05) is 0 Å². The Bertz CT molecular complexity index is 181. The van der Waals surface area contributed by atoms with Crippen molar-refractivity contribution in [1.82, 2.24) is 5.06 Å². The average Bonchev–Trinajstić information content (AvgIpc) is 2.00. The molecule has 0 saturated carbocycles. The SMILES string of the molecule is C#CCC(=O)N(CC=C)OC. The predicted molar refractivity (Wildman–Crippen MR) is 42.4 cm³/mol. The number of rotatable bonds is 4. The summed E-state index contributed by atoms with van der Waals surface area (Å²) < 4.78 is 0. The molecule has 3 heteroatoms. The van der Waals surface area contributed by atoms with Crippen LogP contribution in [0.2, 0.25) is 0 Å². The Morgan fingerprint density at radius 3 is 2.91 bits per heavy atom. The first kappa shape index (κ1) is 9.73. The Morgan fingerprint density at radius 1 is 1.91 bits per heavy atom. The number of carbonyl (C=O) groups excluding carboxylic acids is 1. The normalized spacial score (nSPS) is 8.36. The van der Waals surface area contributed by atoms with Crippen molar-refractivity contribution in [3.8, 4) is 12.3 Å². The van der Waals surface area contributed by atoms with Gasteiger partial charge in [-0.1, -0.05) is 12.0 Å². The third-order valence-electron chi connectivity index (χ3n) is 1.05. The van der Waals surface area contributed by atoms with Crippen LogP contribution in [0.5, 0.6) is 0 Å². The summed E-state index contributed by atoms with van der Waals surface area (Å²) in [6.07, 6.45) is 6.56. The van der Waals surface area contributed by atoms with E-state index in [1.54, 1.807) is 6.08 Å². The van der Waals surface area contributed by atoms with E-state index < -0.39 is 0 Å². The van der Waals surface area contributed by atoms with Crippen molar-refractivity contribution < 1.29 is 9.63 Å². The predicted octanol–water partition coefficient (Wildman–Crippen LogP) is 0.586. The van der Waals surface area contributed by atoms with E-state index in [0.29, 0.717) is 6.54 Å². The highest BCUT2D eigenvalue weighted by atomic mass is 16.7. The second kappa shape index (κ2) is 5.51. The third kappa shape index (κ3) is 3.43. The summed E-state index contributed by atoms with van der Waals surface area (Å²) in [5.74, 6) is 2.01. The van der Waals surface area contributed by atoms with Gasteiger partial charge >= 0.3 is 0 Å². The summed E-state index contributed by atoms with van der Waals surface area (Å²) in [4.78, 5) is 15.7. The molecule has 0 N–H and O–H groups in total. The van der Waals surface area contributed by atoms with Crippen LogP contribution in [0.15, 0.2) is 12.7 Å². The number of nitrogens with zero attached hydrogens (tertiary/aromatic N) is 1. The minimum atomic E-state index is -0.227. The number of hydrogen-bond donors (Lipinski definition) is 0. The molecule has 0 aliphatic carbocycles. The topological polar surface area (TPSA) is 29.5 Å². The molecule has 0 atom stereocenters. The van der Waals surface area contributed by atoms with Crippen LogP contribution in [0.3, 0.4) is 0 Å². The molecular weight excluding hydrogens is 142 g/mol. The van der Waals surface area contributed by atoms with Crippen LogP contribution in [0.25, 0.3) is 0 Å². The summed E-state index contributed by atoms with van der Waals surface area (Å²) in [6, 6.07) is 0. The van der Waals surface area contributed by atoms with E-state index in [1.165, 1.54) is 7.11 Å². The highest BCUT2D eigenvalue weighted by Gasteiger charge is 2.08. The quantitative estimate of drug-likeness (QED) is 0.336. The molecule has 0 radical (unpaired) electrons. The summed E-state index contributed by atoms with van der Waals surface area (Å²) in [7, 11) is 1.41. The number of hydroxylamine groups is 2. The van der Waals surface area contributed by atoms with Crippen molar-refractivity contribution in [2.45, 2.75) is 6.42 Å². The maximum absolute atomic E-state index is 11.0. The first-order valence-electron chi connectivity index (χ1n) is 3.15.